The van der Waals surface area contributed by atoms with Crippen molar-refractivity contribution in [3.8, 4) is 0 Å². The molecule has 19 heavy (non-hydrogen) atoms. The second-order valence-electron chi connectivity index (χ2n) is 4.33. The van der Waals surface area contributed by atoms with Gasteiger partial charge < -0.3 is 5.11 Å². The van der Waals surface area contributed by atoms with E-state index in [-0.39, 0.29) is 13.1 Å². The van der Waals surface area contributed by atoms with Gasteiger partial charge in [-0.3, -0.25) is 4.79 Å². The predicted molar refractivity (Wildman–Crippen MR) is 71.6 cm³/mol. The summed E-state index contributed by atoms with van der Waals surface area (Å²) in [6, 6.07) is 9.16. The van der Waals surface area contributed by atoms with Gasteiger partial charge in [-0.1, -0.05) is 37.3 Å². The lowest BCUT2D eigenvalue weighted by molar-refractivity contribution is -0.140. The second kappa shape index (κ2) is 6.65. The monoisotopic (exact) mass is 286 g/mol. The van der Waals surface area contributed by atoms with E-state index in [1.165, 1.54) is 14.0 Å². The molecular weight excluding hydrogens is 268 g/mol. The molecule has 0 spiro atoms. The minimum Gasteiger partial charge on any atom is -0.481 e. The Morgan fingerprint density at radius 2 is 1.95 bits per heavy atom. The summed E-state index contributed by atoms with van der Waals surface area (Å²) in [4.78, 5) is 10.6. The Balaban J connectivity index is 2.59. The third kappa shape index (κ3) is 4.98. The molecule has 0 saturated carbocycles. The zero-order valence-electron chi connectivity index (χ0n) is 10.9. The molecule has 0 amide bonds. The van der Waals surface area contributed by atoms with Crippen molar-refractivity contribution in [2.45, 2.75) is 13.5 Å². The Bertz CT molecular complexity index is 516. The molecule has 6 nitrogen and oxygen atoms in total. The summed E-state index contributed by atoms with van der Waals surface area (Å²) >= 11 is 0. The Hall–Kier alpha value is -1.44. The first kappa shape index (κ1) is 15.6. The lowest BCUT2D eigenvalue weighted by Gasteiger charge is -2.18. The van der Waals surface area contributed by atoms with Crippen molar-refractivity contribution < 1.29 is 18.3 Å². The van der Waals surface area contributed by atoms with Crippen LogP contribution in [-0.2, 0) is 21.5 Å². The number of hydrogen-bond acceptors (Lipinski definition) is 3. The molecule has 0 fully saturated rings. The third-order valence-electron chi connectivity index (χ3n) is 2.65. The largest absolute Gasteiger partial charge is 0.481 e. The molecule has 1 unspecified atom stereocenters. The molecule has 2 N–H and O–H groups in total. The molecule has 0 aromatic heterocycles. The number of carboxylic acids is 1. The zero-order chi connectivity index (χ0) is 14.5. The van der Waals surface area contributed by atoms with Crippen molar-refractivity contribution >= 4 is 16.2 Å². The number of nitrogens with zero attached hydrogens (tertiary/aromatic N) is 1. The molecule has 1 atom stereocenters. The second-order valence-corrected chi connectivity index (χ2v) is 6.20. The Kier molecular flexibility index (Phi) is 5.46. The van der Waals surface area contributed by atoms with Gasteiger partial charge in [0.05, 0.1) is 5.92 Å². The van der Waals surface area contributed by atoms with Crippen LogP contribution in [-0.4, -0.2) is 37.4 Å². The summed E-state index contributed by atoms with van der Waals surface area (Å²) in [6.45, 7) is 1.55. The van der Waals surface area contributed by atoms with Gasteiger partial charge in [-0.15, -0.1) is 0 Å². The maximum absolute atomic E-state index is 11.9. The van der Waals surface area contributed by atoms with Gasteiger partial charge >= 0.3 is 5.97 Å². The fourth-order valence-corrected chi connectivity index (χ4v) is 2.35. The number of nitrogens with one attached hydrogen (secondary N) is 1. The van der Waals surface area contributed by atoms with Gasteiger partial charge in [0.15, 0.2) is 0 Å². The first-order valence-corrected chi connectivity index (χ1v) is 7.24. The van der Waals surface area contributed by atoms with E-state index in [0.29, 0.717) is 0 Å². The number of hydrogen-bond donors (Lipinski definition) is 2. The van der Waals surface area contributed by atoms with Crippen molar-refractivity contribution in [3.63, 3.8) is 0 Å². The molecule has 7 heteroatoms. The SMILES string of the molecule is CC(CNS(=O)(=O)N(C)Cc1ccccc1)C(=O)O. The van der Waals surface area contributed by atoms with Crippen LogP contribution in [0.5, 0.6) is 0 Å². The van der Waals surface area contributed by atoms with Crippen LogP contribution in [0.3, 0.4) is 0 Å². The predicted octanol–water partition coefficient (Wildman–Crippen LogP) is 0.673. The standard InChI is InChI=1S/C12H18N2O4S/c1-10(12(15)16)8-13-19(17,18)14(2)9-11-6-4-3-5-7-11/h3-7,10,13H,8-9H2,1-2H3,(H,15,16). The van der Waals surface area contributed by atoms with Gasteiger partial charge in [0.25, 0.3) is 10.2 Å². The van der Waals surface area contributed by atoms with Gasteiger partial charge in [0.2, 0.25) is 0 Å². The van der Waals surface area contributed by atoms with Crippen molar-refractivity contribution in [3.05, 3.63) is 35.9 Å². The quantitative estimate of drug-likeness (QED) is 0.771. The first-order valence-electron chi connectivity index (χ1n) is 5.80. The van der Waals surface area contributed by atoms with Crippen LogP contribution in [0.25, 0.3) is 0 Å². The van der Waals surface area contributed by atoms with E-state index in [1.54, 1.807) is 0 Å². The van der Waals surface area contributed by atoms with Gasteiger partial charge in [0.1, 0.15) is 0 Å². The van der Waals surface area contributed by atoms with Crippen molar-refractivity contribution in [1.82, 2.24) is 9.03 Å². The lowest BCUT2D eigenvalue weighted by atomic mass is 10.2. The highest BCUT2D eigenvalue weighted by Crippen LogP contribution is 2.06. The van der Waals surface area contributed by atoms with E-state index < -0.39 is 22.1 Å². The summed E-state index contributed by atoms with van der Waals surface area (Å²) in [5, 5.41) is 8.70. The topological polar surface area (TPSA) is 86.7 Å². The number of carboxylic acid groups (broad SMARTS) is 1. The summed E-state index contributed by atoms with van der Waals surface area (Å²) < 4.78 is 27.2. The summed E-state index contributed by atoms with van der Waals surface area (Å²) in [7, 11) is -2.22. The first-order chi connectivity index (χ1) is 8.83. The number of rotatable bonds is 7. The zero-order valence-corrected chi connectivity index (χ0v) is 11.7. The summed E-state index contributed by atoms with van der Waals surface area (Å²) in [5.41, 5.74) is 0.863. The lowest BCUT2D eigenvalue weighted by Crippen LogP contribution is -2.40. The maximum Gasteiger partial charge on any atom is 0.307 e. The smallest absolute Gasteiger partial charge is 0.307 e. The van der Waals surface area contributed by atoms with Gasteiger partial charge in [-0.25, -0.2) is 4.72 Å². The van der Waals surface area contributed by atoms with Gasteiger partial charge in [-0.05, 0) is 5.56 Å². The average Bonchev–Trinajstić information content (AvgIpc) is 2.37. The fourth-order valence-electron chi connectivity index (χ4n) is 1.35. The normalized spacial score (nSPS) is 13.4. The molecule has 1 aromatic rings. The average molecular weight is 286 g/mol. The van der Waals surface area contributed by atoms with E-state index in [2.05, 4.69) is 4.72 Å². The van der Waals surface area contributed by atoms with Crippen LogP contribution in [0.2, 0.25) is 0 Å². The van der Waals surface area contributed by atoms with Gasteiger partial charge in [-0.2, -0.15) is 12.7 Å². The minimum atomic E-state index is -3.67. The van der Waals surface area contributed by atoms with E-state index in [4.69, 9.17) is 5.11 Å². The Morgan fingerprint density at radius 3 is 2.47 bits per heavy atom. The van der Waals surface area contributed by atoms with Crippen LogP contribution < -0.4 is 4.72 Å². The number of benzene rings is 1. The fraction of sp³-hybridized carbons (Fsp3) is 0.417. The van der Waals surface area contributed by atoms with Crippen LogP contribution >= 0.6 is 0 Å². The molecular formula is C12H18N2O4S. The molecule has 0 bridgehead atoms. The van der Waals surface area contributed by atoms with Crippen molar-refractivity contribution in [2.24, 2.45) is 5.92 Å². The highest BCUT2D eigenvalue weighted by atomic mass is 32.2. The van der Waals surface area contributed by atoms with Crippen molar-refractivity contribution in [1.29, 1.82) is 0 Å². The van der Waals surface area contributed by atoms with E-state index in [9.17, 15) is 13.2 Å². The molecule has 0 heterocycles. The summed E-state index contributed by atoms with van der Waals surface area (Å²) in [5.74, 6) is -1.80. The molecule has 106 valence electrons. The van der Waals surface area contributed by atoms with Gasteiger partial charge in [0, 0.05) is 20.1 Å². The molecule has 1 aromatic carbocycles. The maximum atomic E-state index is 11.9. The van der Waals surface area contributed by atoms with E-state index in [0.717, 1.165) is 9.87 Å². The number of aliphatic carboxylic acids is 1. The Morgan fingerprint density at radius 1 is 1.37 bits per heavy atom. The van der Waals surface area contributed by atoms with Crippen LogP contribution in [0, 0.1) is 5.92 Å². The highest BCUT2D eigenvalue weighted by Gasteiger charge is 2.20. The minimum absolute atomic E-state index is 0.128. The molecule has 0 aliphatic heterocycles. The molecule has 0 aliphatic rings. The summed E-state index contributed by atoms with van der Waals surface area (Å²) in [6.07, 6.45) is 0. The van der Waals surface area contributed by atoms with Crippen LogP contribution in [0.4, 0.5) is 0 Å². The van der Waals surface area contributed by atoms with Crippen molar-refractivity contribution in [2.75, 3.05) is 13.6 Å². The van der Waals surface area contributed by atoms with E-state index in [1.807, 2.05) is 30.3 Å². The Labute approximate surface area is 113 Å². The third-order valence-corrected chi connectivity index (χ3v) is 4.13. The molecule has 0 radical (unpaired) electrons. The highest BCUT2D eigenvalue weighted by molar-refractivity contribution is 7.87. The van der Waals surface area contributed by atoms with E-state index >= 15 is 0 Å². The number of carbonyl (C=O) groups is 1. The van der Waals surface area contributed by atoms with Crippen LogP contribution in [0.15, 0.2) is 30.3 Å². The molecule has 1 rings (SSSR count). The molecule has 0 aliphatic carbocycles. The van der Waals surface area contributed by atoms with Crippen LogP contribution in [0.1, 0.15) is 12.5 Å². The molecule has 0 saturated heterocycles.